The number of anilines is 1. The number of benzene rings is 2. The summed E-state index contributed by atoms with van der Waals surface area (Å²) in [4.78, 5) is 12.9. The number of carbonyl (C=O) groups is 1. The number of ether oxygens (including phenoxy) is 1. The molecule has 26 heavy (non-hydrogen) atoms. The molecule has 1 amide bonds. The van der Waals surface area contributed by atoms with Gasteiger partial charge in [-0.1, -0.05) is 23.7 Å². The normalized spacial score (nSPS) is 10.6. The molecule has 0 atom stereocenters. The van der Waals surface area contributed by atoms with Gasteiger partial charge in [0, 0.05) is 11.3 Å². The maximum atomic E-state index is 13.2. The zero-order chi connectivity index (χ0) is 18.7. The molecular weight excluding hydrogens is 373 g/mol. The molecule has 6 heteroatoms. The fraction of sp³-hybridized carbons (Fsp3) is 0.150. The second-order valence-corrected chi connectivity index (χ2v) is 7.21. The summed E-state index contributed by atoms with van der Waals surface area (Å²) in [5.74, 6) is 0.0467. The average Bonchev–Trinajstić information content (AvgIpc) is 3.09. The Balaban J connectivity index is 1.64. The Hall–Kier alpha value is -2.37. The minimum absolute atomic E-state index is 0.0309. The molecule has 0 spiro atoms. The van der Waals surface area contributed by atoms with Crippen LogP contribution in [0.4, 0.5) is 10.1 Å². The Bertz CT molecular complexity index is 955. The Kier molecular flexibility index (Phi) is 5.59. The molecule has 0 radical (unpaired) electrons. The van der Waals surface area contributed by atoms with Crippen LogP contribution in [-0.2, 0) is 6.61 Å². The molecule has 0 unspecified atom stereocenters. The molecule has 3 aromatic rings. The van der Waals surface area contributed by atoms with Gasteiger partial charge in [-0.3, -0.25) is 4.79 Å². The van der Waals surface area contributed by atoms with Crippen molar-refractivity contribution in [2.45, 2.75) is 20.5 Å². The molecule has 2 aromatic carbocycles. The van der Waals surface area contributed by atoms with Crippen molar-refractivity contribution in [2.24, 2.45) is 0 Å². The van der Waals surface area contributed by atoms with E-state index < -0.39 is 5.82 Å². The summed E-state index contributed by atoms with van der Waals surface area (Å²) in [7, 11) is 0. The highest BCUT2D eigenvalue weighted by atomic mass is 35.5. The lowest BCUT2D eigenvalue weighted by molar-refractivity contribution is 0.103. The van der Waals surface area contributed by atoms with Crippen molar-refractivity contribution in [1.82, 2.24) is 0 Å². The highest BCUT2D eigenvalue weighted by molar-refractivity contribution is 7.12. The van der Waals surface area contributed by atoms with E-state index in [2.05, 4.69) is 5.32 Å². The molecule has 3 nitrogen and oxygen atoms in total. The van der Waals surface area contributed by atoms with E-state index in [1.165, 1.54) is 35.1 Å². The highest BCUT2D eigenvalue weighted by Crippen LogP contribution is 2.24. The van der Waals surface area contributed by atoms with Crippen molar-refractivity contribution in [3.8, 4) is 5.75 Å². The largest absolute Gasteiger partial charge is 0.489 e. The molecule has 0 bridgehead atoms. The molecule has 134 valence electrons. The van der Waals surface area contributed by atoms with Crippen LogP contribution < -0.4 is 10.1 Å². The number of aryl methyl sites for hydroxylation is 1. The number of carbonyl (C=O) groups excluding carboxylic acids is 1. The van der Waals surface area contributed by atoms with Crippen LogP contribution in [-0.4, -0.2) is 5.91 Å². The molecular formula is C20H17ClFNO2S. The highest BCUT2D eigenvalue weighted by Gasteiger charge is 2.11. The van der Waals surface area contributed by atoms with Gasteiger partial charge in [-0.2, -0.15) is 0 Å². The second-order valence-electron chi connectivity index (χ2n) is 5.89. The lowest BCUT2D eigenvalue weighted by Gasteiger charge is -2.09. The molecule has 1 heterocycles. The van der Waals surface area contributed by atoms with E-state index in [1.54, 1.807) is 6.07 Å². The van der Waals surface area contributed by atoms with Crippen LogP contribution in [0.25, 0.3) is 0 Å². The third-order valence-electron chi connectivity index (χ3n) is 4.00. The van der Waals surface area contributed by atoms with Gasteiger partial charge in [0.25, 0.3) is 5.91 Å². The molecule has 0 fully saturated rings. The number of hydrogen-bond donors (Lipinski definition) is 1. The van der Waals surface area contributed by atoms with E-state index in [1.807, 2.05) is 37.4 Å². The first-order valence-electron chi connectivity index (χ1n) is 7.97. The summed E-state index contributed by atoms with van der Waals surface area (Å²) in [6.07, 6.45) is 0. The average molecular weight is 390 g/mol. The standard InChI is InChI=1S/C20H17ClFNO2S/c1-12-4-3-5-18(13(12)2)25-10-14-8-19(26-11-14)20(24)23-15-6-7-17(22)16(21)9-15/h3-9,11H,10H2,1-2H3,(H,23,24). The smallest absolute Gasteiger partial charge is 0.265 e. The van der Waals surface area contributed by atoms with E-state index in [9.17, 15) is 9.18 Å². The van der Waals surface area contributed by atoms with Gasteiger partial charge >= 0.3 is 0 Å². The zero-order valence-electron chi connectivity index (χ0n) is 14.3. The van der Waals surface area contributed by atoms with Gasteiger partial charge in [-0.15, -0.1) is 11.3 Å². The maximum Gasteiger partial charge on any atom is 0.265 e. The third kappa shape index (κ3) is 4.23. The van der Waals surface area contributed by atoms with Crippen molar-refractivity contribution in [1.29, 1.82) is 0 Å². The topological polar surface area (TPSA) is 38.3 Å². The molecule has 1 aromatic heterocycles. The van der Waals surface area contributed by atoms with Crippen LogP contribution in [0.3, 0.4) is 0 Å². The van der Waals surface area contributed by atoms with Gasteiger partial charge in [-0.05, 0) is 60.7 Å². The summed E-state index contributed by atoms with van der Waals surface area (Å²) < 4.78 is 19.0. The second kappa shape index (κ2) is 7.89. The van der Waals surface area contributed by atoms with Gasteiger partial charge in [0.1, 0.15) is 18.2 Å². The van der Waals surface area contributed by atoms with Gasteiger partial charge in [0.2, 0.25) is 0 Å². The van der Waals surface area contributed by atoms with Crippen molar-refractivity contribution in [3.05, 3.63) is 80.3 Å². The van der Waals surface area contributed by atoms with Crippen LogP contribution >= 0.6 is 22.9 Å². The van der Waals surface area contributed by atoms with E-state index in [4.69, 9.17) is 16.3 Å². The van der Waals surface area contributed by atoms with Crippen molar-refractivity contribution in [2.75, 3.05) is 5.32 Å². The minimum Gasteiger partial charge on any atom is -0.489 e. The lowest BCUT2D eigenvalue weighted by atomic mass is 10.1. The summed E-state index contributed by atoms with van der Waals surface area (Å²) >= 11 is 7.06. The van der Waals surface area contributed by atoms with Gasteiger partial charge in [0.15, 0.2) is 0 Å². The lowest BCUT2D eigenvalue weighted by Crippen LogP contribution is -2.10. The summed E-state index contributed by atoms with van der Waals surface area (Å²) in [6, 6.07) is 11.8. The summed E-state index contributed by atoms with van der Waals surface area (Å²) in [5, 5.41) is 4.57. The summed E-state index contributed by atoms with van der Waals surface area (Å²) in [5.41, 5.74) is 3.64. The predicted molar refractivity (Wildman–Crippen MR) is 104 cm³/mol. The van der Waals surface area contributed by atoms with Crippen LogP contribution in [0, 0.1) is 19.7 Å². The molecule has 0 aliphatic rings. The van der Waals surface area contributed by atoms with E-state index in [-0.39, 0.29) is 10.9 Å². The number of thiophene rings is 1. The fourth-order valence-electron chi connectivity index (χ4n) is 2.38. The first kappa shape index (κ1) is 18.4. The number of hydrogen-bond acceptors (Lipinski definition) is 3. The zero-order valence-corrected chi connectivity index (χ0v) is 15.9. The Morgan fingerprint density at radius 3 is 2.81 bits per heavy atom. The van der Waals surface area contributed by atoms with Crippen LogP contribution in [0.1, 0.15) is 26.4 Å². The van der Waals surface area contributed by atoms with Crippen LogP contribution in [0.2, 0.25) is 5.02 Å². The SMILES string of the molecule is Cc1cccc(OCc2csc(C(=O)Nc3ccc(F)c(Cl)c3)c2)c1C. The molecule has 0 aliphatic carbocycles. The molecule has 1 N–H and O–H groups in total. The fourth-order valence-corrected chi connectivity index (χ4v) is 3.35. The van der Waals surface area contributed by atoms with Gasteiger partial charge in [-0.25, -0.2) is 4.39 Å². The Morgan fingerprint density at radius 1 is 1.23 bits per heavy atom. The number of nitrogens with one attached hydrogen (secondary N) is 1. The predicted octanol–water partition coefficient (Wildman–Crippen LogP) is 5.99. The maximum absolute atomic E-state index is 13.2. The first-order valence-corrected chi connectivity index (χ1v) is 9.22. The Labute approximate surface area is 160 Å². The minimum atomic E-state index is -0.522. The van der Waals surface area contributed by atoms with Gasteiger partial charge in [0.05, 0.1) is 9.90 Å². The van der Waals surface area contributed by atoms with Crippen LogP contribution in [0.15, 0.2) is 47.8 Å². The van der Waals surface area contributed by atoms with Crippen molar-refractivity contribution < 1.29 is 13.9 Å². The van der Waals surface area contributed by atoms with Gasteiger partial charge < -0.3 is 10.1 Å². The monoisotopic (exact) mass is 389 g/mol. The molecule has 3 rings (SSSR count). The summed E-state index contributed by atoms with van der Waals surface area (Å²) in [6.45, 7) is 4.44. The quantitative estimate of drug-likeness (QED) is 0.582. The number of halogens is 2. The Morgan fingerprint density at radius 2 is 2.04 bits per heavy atom. The number of amides is 1. The van der Waals surface area contributed by atoms with E-state index in [0.717, 1.165) is 16.9 Å². The number of rotatable bonds is 5. The van der Waals surface area contributed by atoms with Crippen molar-refractivity contribution in [3.63, 3.8) is 0 Å². The van der Waals surface area contributed by atoms with E-state index in [0.29, 0.717) is 17.2 Å². The van der Waals surface area contributed by atoms with E-state index >= 15 is 0 Å². The molecule has 0 saturated heterocycles. The molecule has 0 aliphatic heterocycles. The third-order valence-corrected chi connectivity index (χ3v) is 5.27. The van der Waals surface area contributed by atoms with Crippen LogP contribution in [0.5, 0.6) is 5.75 Å². The first-order chi connectivity index (χ1) is 12.4. The van der Waals surface area contributed by atoms with Crippen molar-refractivity contribution >= 4 is 34.5 Å². The molecule has 0 saturated carbocycles.